The van der Waals surface area contributed by atoms with Crippen molar-refractivity contribution in [3.05, 3.63) is 46.6 Å². The first-order valence-corrected chi connectivity index (χ1v) is 4.77. The third-order valence-electron chi connectivity index (χ3n) is 1.56. The van der Waals surface area contributed by atoms with Gasteiger partial charge in [0.1, 0.15) is 6.61 Å². The van der Waals surface area contributed by atoms with E-state index in [1.54, 1.807) is 12.2 Å². The highest BCUT2D eigenvalue weighted by Crippen LogP contribution is 1.96. The molecule has 0 bridgehead atoms. The molecule has 0 radical (unpaired) electrons. The molecular weight excluding hydrogens is 212 g/mol. The molecular formula is C10H16N2O4. The molecule has 6 heteroatoms. The summed E-state index contributed by atoms with van der Waals surface area (Å²) in [4.78, 5) is 18.9. The molecule has 0 spiro atoms. The highest BCUT2D eigenvalue weighted by Gasteiger charge is 1.94. The molecule has 0 amide bonds. The highest BCUT2D eigenvalue weighted by atomic mass is 16.9. The molecule has 0 saturated heterocycles. The maximum atomic E-state index is 9.79. The van der Waals surface area contributed by atoms with Gasteiger partial charge in [0.25, 0.3) is 5.09 Å². The van der Waals surface area contributed by atoms with Gasteiger partial charge in [0.05, 0.1) is 6.61 Å². The minimum atomic E-state index is -0.841. The van der Waals surface area contributed by atoms with Crippen LogP contribution in [0.3, 0.4) is 0 Å². The van der Waals surface area contributed by atoms with Crippen LogP contribution in [-0.4, -0.2) is 24.8 Å². The third-order valence-corrected chi connectivity index (χ3v) is 1.56. The summed E-state index contributed by atoms with van der Waals surface area (Å²) in [7, 11) is 0. The van der Waals surface area contributed by atoms with Gasteiger partial charge in [-0.05, 0) is 12.5 Å². The first-order valence-electron chi connectivity index (χ1n) is 4.77. The zero-order valence-corrected chi connectivity index (χ0v) is 9.22. The quantitative estimate of drug-likeness (QED) is 0.279. The molecule has 0 saturated carbocycles. The van der Waals surface area contributed by atoms with E-state index in [9.17, 15) is 10.1 Å². The van der Waals surface area contributed by atoms with E-state index in [1.165, 1.54) is 0 Å². The first kappa shape index (κ1) is 14.3. The van der Waals surface area contributed by atoms with E-state index in [-0.39, 0.29) is 13.2 Å². The van der Waals surface area contributed by atoms with Crippen molar-refractivity contribution in [2.24, 2.45) is 0 Å². The van der Waals surface area contributed by atoms with Crippen molar-refractivity contribution in [3.63, 3.8) is 0 Å². The Morgan fingerprint density at radius 2 is 2.38 bits per heavy atom. The van der Waals surface area contributed by atoms with Crippen LogP contribution in [-0.2, 0) is 9.68 Å². The van der Waals surface area contributed by atoms with Crippen LogP contribution in [0.25, 0.3) is 0 Å². The summed E-state index contributed by atoms with van der Waals surface area (Å²) in [6.07, 6.45) is 7.23. The fourth-order valence-electron chi connectivity index (χ4n) is 0.788. The lowest BCUT2D eigenvalue weighted by Gasteiger charge is -2.05. The van der Waals surface area contributed by atoms with Crippen LogP contribution in [0.1, 0.15) is 6.92 Å². The van der Waals surface area contributed by atoms with Gasteiger partial charge in [-0.3, -0.25) is 4.84 Å². The van der Waals surface area contributed by atoms with Crippen LogP contribution in [0.15, 0.2) is 36.5 Å². The van der Waals surface area contributed by atoms with Crippen molar-refractivity contribution in [1.82, 2.24) is 5.48 Å². The second kappa shape index (κ2) is 9.88. The monoisotopic (exact) mass is 228 g/mol. The van der Waals surface area contributed by atoms with Gasteiger partial charge in [0, 0.05) is 6.54 Å². The lowest BCUT2D eigenvalue weighted by atomic mass is 10.2. The minimum absolute atomic E-state index is 0.0410. The van der Waals surface area contributed by atoms with Crippen LogP contribution in [0.5, 0.6) is 0 Å². The predicted octanol–water partition coefficient (Wildman–Crippen LogP) is 1.40. The van der Waals surface area contributed by atoms with E-state index in [1.807, 2.05) is 19.1 Å². The van der Waals surface area contributed by atoms with Gasteiger partial charge >= 0.3 is 0 Å². The average molecular weight is 228 g/mol. The summed E-state index contributed by atoms with van der Waals surface area (Å²) >= 11 is 0. The van der Waals surface area contributed by atoms with Crippen LogP contribution < -0.4 is 5.48 Å². The molecule has 0 heterocycles. The van der Waals surface area contributed by atoms with Crippen molar-refractivity contribution in [2.45, 2.75) is 6.92 Å². The van der Waals surface area contributed by atoms with E-state index in [4.69, 9.17) is 4.84 Å². The predicted molar refractivity (Wildman–Crippen MR) is 60.0 cm³/mol. The van der Waals surface area contributed by atoms with E-state index in [0.29, 0.717) is 6.61 Å². The van der Waals surface area contributed by atoms with Crippen molar-refractivity contribution >= 4 is 0 Å². The standard InChI is InChI=1S/C10H16N2O4/c1-3-5-6-10(4-2)9-15-11-7-8-16-12(13)14/h3-6,11H,1,7-9H2,2H3/b6-5-,10-4+. The number of nitrogens with zero attached hydrogens (tertiary/aromatic N) is 1. The van der Waals surface area contributed by atoms with Gasteiger partial charge in [-0.2, -0.15) is 0 Å². The molecule has 0 aromatic heterocycles. The number of hydrogen-bond acceptors (Lipinski definition) is 5. The SMILES string of the molecule is C=C/C=C\C(=C/C)CONCCO[N+](=O)[O-]. The Morgan fingerprint density at radius 1 is 1.62 bits per heavy atom. The van der Waals surface area contributed by atoms with Gasteiger partial charge in [0.15, 0.2) is 0 Å². The molecule has 0 atom stereocenters. The van der Waals surface area contributed by atoms with Crippen molar-refractivity contribution in [1.29, 1.82) is 0 Å². The number of rotatable bonds is 9. The van der Waals surface area contributed by atoms with Gasteiger partial charge in [0.2, 0.25) is 0 Å². The molecule has 16 heavy (non-hydrogen) atoms. The molecule has 0 aromatic rings. The smallest absolute Gasteiger partial charge is 0.294 e. The molecule has 90 valence electrons. The molecule has 0 fully saturated rings. The third kappa shape index (κ3) is 8.92. The Balaban J connectivity index is 3.53. The number of hydrogen-bond donors (Lipinski definition) is 1. The molecule has 0 unspecified atom stereocenters. The van der Waals surface area contributed by atoms with E-state index >= 15 is 0 Å². The largest absolute Gasteiger partial charge is 0.312 e. The van der Waals surface area contributed by atoms with Gasteiger partial charge in [-0.15, -0.1) is 10.1 Å². The van der Waals surface area contributed by atoms with Crippen molar-refractivity contribution in [2.75, 3.05) is 19.8 Å². The zero-order chi connectivity index (χ0) is 12.2. The molecule has 0 rings (SSSR count). The Morgan fingerprint density at radius 3 is 2.94 bits per heavy atom. The topological polar surface area (TPSA) is 73.6 Å². The summed E-state index contributed by atoms with van der Waals surface area (Å²) in [6, 6.07) is 0. The normalized spacial score (nSPS) is 11.7. The molecule has 0 aliphatic heterocycles. The maximum Gasteiger partial charge on any atom is 0.294 e. The second-order valence-corrected chi connectivity index (χ2v) is 2.70. The van der Waals surface area contributed by atoms with Crippen molar-refractivity contribution < 1.29 is 14.8 Å². The molecule has 0 aromatic carbocycles. The van der Waals surface area contributed by atoms with Crippen LogP contribution >= 0.6 is 0 Å². The summed E-state index contributed by atoms with van der Waals surface area (Å²) in [6.45, 7) is 6.03. The lowest BCUT2D eigenvalue weighted by molar-refractivity contribution is -0.757. The zero-order valence-electron chi connectivity index (χ0n) is 9.22. The number of nitrogens with one attached hydrogen (secondary N) is 1. The lowest BCUT2D eigenvalue weighted by Crippen LogP contribution is -2.22. The fraction of sp³-hybridized carbons (Fsp3) is 0.400. The van der Waals surface area contributed by atoms with Gasteiger partial charge < -0.3 is 4.84 Å². The summed E-state index contributed by atoms with van der Waals surface area (Å²) in [5.74, 6) is 0. The highest BCUT2D eigenvalue weighted by molar-refractivity contribution is 5.21. The summed E-state index contributed by atoms with van der Waals surface area (Å²) in [5.41, 5.74) is 3.53. The molecule has 6 nitrogen and oxygen atoms in total. The Bertz CT molecular complexity index is 274. The summed E-state index contributed by atoms with van der Waals surface area (Å²) in [5, 5.41) is 8.95. The van der Waals surface area contributed by atoms with Gasteiger partial charge in [-0.1, -0.05) is 30.9 Å². The van der Waals surface area contributed by atoms with E-state index < -0.39 is 5.09 Å². The molecule has 0 aliphatic rings. The van der Waals surface area contributed by atoms with Crippen LogP contribution in [0.2, 0.25) is 0 Å². The fourth-order valence-corrected chi connectivity index (χ4v) is 0.788. The summed E-state index contributed by atoms with van der Waals surface area (Å²) < 4.78 is 0. The Labute approximate surface area is 94.3 Å². The second-order valence-electron chi connectivity index (χ2n) is 2.70. The van der Waals surface area contributed by atoms with Crippen LogP contribution in [0.4, 0.5) is 0 Å². The molecule has 1 N–H and O–H groups in total. The van der Waals surface area contributed by atoms with Crippen LogP contribution in [0, 0.1) is 10.1 Å². The van der Waals surface area contributed by atoms with E-state index in [2.05, 4.69) is 16.9 Å². The molecule has 0 aliphatic carbocycles. The Hall–Kier alpha value is -1.66. The Kier molecular flexibility index (Phi) is 8.85. The average Bonchev–Trinajstić information content (AvgIpc) is 2.26. The number of hydroxylamine groups is 1. The maximum absolute atomic E-state index is 9.79. The van der Waals surface area contributed by atoms with Crippen molar-refractivity contribution in [3.8, 4) is 0 Å². The first-order chi connectivity index (χ1) is 7.70. The number of allylic oxidation sites excluding steroid dienone is 3. The minimum Gasteiger partial charge on any atom is -0.312 e. The van der Waals surface area contributed by atoms with Gasteiger partial charge in [-0.25, -0.2) is 5.48 Å². The van der Waals surface area contributed by atoms with E-state index in [0.717, 1.165) is 5.57 Å².